The quantitative estimate of drug-likeness (QED) is 0.0275. The molecule has 1 aliphatic rings. The van der Waals surface area contributed by atoms with Crippen molar-refractivity contribution in [2.24, 2.45) is 0 Å². The molecule has 1 atom stereocenters. The van der Waals surface area contributed by atoms with E-state index in [1.807, 2.05) is 13.0 Å². The number of ether oxygens (including phenoxy) is 3. The molecule has 9 heteroatoms. The molecular weight excluding hydrogens is 670 g/mol. The van der Waals surface area contributed by atoms with Crippen molar-refractivity contribution >= 4 is 29.2 Å². The van der Waals surface area contributed by atoms with Gasteiger partial charge in [-0.05, 0) is 126 Å². The first-order valence-electron chi connectivity index (χ1n) is 18.7. The summed E-state index contributed by atoms with van der Waals surface area (Å²) < 4.78 is 15.2. The molecule has 0 aliphatic heterocycles. The van der Waals surface area contributed by atoms with Gasteiger partial charge in [0.1, 0.15) is 0 Å². The summed E-state index contributed by atoms with van der Waals surface area (Å²) in [4.78, 5) is 62.0. The Morgan fingerprint density at radius 3 is 1.45 bits per heavy atom. The Balaban J connectivity index is 2.43. The van der Waals surface area contributed by atoms with Crippen molar-refractivity contribution in [1.29, 1.82) is 0 Å². The molecule has 0 heterocycles. The smallest absolute Gasteiger partial charge is 0.307 e. The van der Waals surface area contributed by atoms with E-state index in [9.17, 15) is 24.0 Å². The third kappa shape index (κ3) is 17.2. The van der Waals surface area contributed by atoms with Gasteiger partial charge in [0.2, 0.25) is 29.0 Å². The van der Waals surface area contributed by atoms with Gasteiger partial charge in [0.25, 0.3) is 0 Å². The summed E-state index contributed by atoms with van der Waals surface area (Å²) in [6.45, 7) is 17.1. The fourth-order valence-corrected chi connectivity index (χ4v) is 5.62. The van der Waals surface area contributed by atoms with Gasteiger partial charge < -0.3 is 19.5 Å². The van der Waals surface area contributed by atoms with Crippen molar-refractivity contribution in [2.75, 3.05) is 14.2 Å². The summed E-state index contributed by atoms with van der Waals surface area (Å²) in [5.74, 6) is -2.65. The second-order valence-corrected chi connectivity index (χ2v) is 13.8. The number of esters is 1. The Bertz CT molecular complexity index is 1590. The Morgan fingerprint density at radius 1 is 0.642 bits per heavy atom. The normalized spacial score (nSPS) is 15.9. The highest BCUT2D eigenvalue weighted by molar-refractivity contribution is 6.36. The largest absolute Gasteiger partial charge is 0.489 e. The molecular formula is C44H63NO8. The summed E-state index contributed by atoms with van der Waals surface area (Å²) in [7, 11) is 2.56. The van der Waals surface area contributed by atoms with Gasteiger partial charge in [-0.15, -0.1) is 0 Å². The highest BCUT2D eigenvalue weighted by Crippen LogP contribution is 2.27. The highest BCUT2D eigenvalue weighted by atomic mass is 16.6. The zero-order valence-electron chi connectivity index (χ0n) is 34.1. The average molecular weight is 734 g/mol. The number of methoxy groups -OCH3 is 2. The number of Topliss-reactive ketones (excluding diaryl/α,β-unsaturated/α-hetero) is 2. The van der Waals surface area contributed by atoms with E-state index >= 15 is 0 Å². The molecule has 0 aromatic heterocycles. The number of carbonyl (C=O) groups is 5. The number of allylic oxidation sites excluding steroid dienone is 13. The van der Waals surface area contributed by atoms with Gasteiger partial charge >= 0.3 is 5.97 Å². The zero-order chi connectivity index (χ0) is 40.1. The SMILES string of the molecule is CCC(=O)OC(C)NC(=O)/C(C)=C/CC/C(C)=C/CC/C(C)=C/CC/C(C)=C/CC/C(C)=C/CC/C(C)=C/C(=O)C1=C(C)C(=O)C(OC)=C(OC)C1=O. The first kappa shape index (κ1) is 46.5. The van der Waals surface area contributed by atoms with Crippen LogP contribution in [0.25, 0.3) is 0 Å². The standard InChI is InChI=1S/C44H63NO8/c1-12-38(47)53-36(9)45-44(50)34(7)27-17-25-32(5)23-15-21-30(3)19-13-18-29(2)20-14-22-31(4)24-16-26-33(6)28-37(46)39-35(8)40(48)42(51-10)43(52-11)41(39)49/h19-20,23-24,27-28,36H,12-18,21-22,25-26H2,1-11H3,(H,45,50)/b29-20+,30-19+,31-24+,32-23+,33-28+,34-27+. The third-order valence-corrected chi connectivity index (χ3v) is 9.00. The first-order valence-corrected chi connectivity index (χ1v) is 18.7. The van der Waals surface area contributed by atoms with Crippen LogP contribution in [0.1, 0.15) is 133 Å². The van der Waals surface area contributed by atoms with Crippen molar-refractivity contribution < 1.29 is 38.2 Å². The monoisotopic (exact) mass is 733 g/mol. The van der Waals surface area contributed by atoms with Crippen molar-refractivity contribution in [1.82, 2.24) is 5.32 Å². The van der Waals surface area contributed by atoms with E-state index < -0.39 is 23.6 Å². The van der Waals surface area contributed by atoms with Crippen molar-refractivity contribution in [3.05, 3.63) is 92.6 Å². The van der Waals surface area contributed by atoms with Crippen molar-refractivity contribution in [3.63, 3.8) is 0 Å². The van der Waals surface area contributed by atoms with Crippen LogP contribution in [0, 0.1) is 0 Å². The maximum atomic E-state index is 13.0. The molecule has 292 valence electrons. The maximum absolute atomic E-state index is 13.0. The molecule has 1 amide bonds. The highest BCUT2D eigenvalue weighted by Gasteiger charge is 2.37. The number of carbonyl (C=O) groups excluding carboxylic acids is 5. The number of ketones is 3. The molecule has 0 saturated carbocycles. The van der Waals surface area contributed by atoms with Crippen LogP contribution in [0.3, 0.4) is 0 Å². The van der Waals surface area contributed by atoms with Crippen LogP contribution in [0.4, 0.5) is 0 Å². The lowest BCUT2D eigenvalue weighted by Crippen LogP contribution is -2.36. The minimum Gasteiger partial charge on any atom is -0.489 e. The molecule has 0 radical (unpaired) electrons. The van der Waals surface area contributed by atoms with E-state index in [0.29, 0.717) is 12.0 Å². The van der Waals surface area contributed by atoms with E-state index in [1.165, 1.54) is 49.5 Å². The Labute approximate surface area is 318 Å². The second-order valence-electron chi connectivity index (χ2n) is 13.8. The minimum atomic E-state index is -0.650. The van der Waals surface area contributed by atoms with Gasteiger partial charge in [-0.3, -0.25) is 24.0 Å². The Hall–Kier alpha value is -4.53. The van der Waals surface area contributed by atoms with Crippen LogP contribution in [0.15, 0.2) is 92.6 Å². The molecule has 1 aliphatic carbocycles. The second kappa shape index (κ2) is 24.7. The zero-order valence-corrected chi connectivity index (χ0v) is 34.1. The van der Waals surface area contributed by atoms with E-state index in [4.69, 9.17) is 14.2 Å². The van der Waals surface area contributed by atoms with E-state index in [0.717, 1.165) is 63.4 Å². The van der Waals surface area contributed by atoms with Crippen LogP contribution < -0.4 is 5.32 Å². The molecule has 0 bridgehead atoms. The molecule has 0 fully saturated rings. The van der Waals surface area contributed by atoms with Crippen LogP contribution in [-0.4, -0.2) is 49.7 Å². The predicted molar refractivity (Wildman–Crippen MR) is 211 cm³/mol. The lowest BCUT2D eigenvalue weighted by Gasteiger charge is -2.19. The van der Waals surface area contributed by atoms with E-state index in [1.54, 1.807) is 20.8 Å². The van der Waals surface area contributed by atoms with Gasteiger partial charge in [0, 0.05) is 17.6 Å². The number of hydrogen-bond acceptors (Lipinski definition) is 8. The van der Waals surface area contributed by atoms with E-state index in [-0.39, 0.29) is 41.0 Å². The molecule has 9 nitrogen and oxygen atoms in total. The number of hydrogen-bond donors (Lipinski definition) is 1. The molecule has 0 aromatic carbocycles. The lowest BCUT2D eigenvalue weighted by atomic mass is 9.89. The minimum absolute atomic E-state index is 0.0640. The molecule has 0 saturated heterocycles. The molecule has 53 heavy (non-hydrogen) atoms. The van der Waals surface area contributed by atoms with Crippen molar-refractivity contribution in [2.45, 2.75) is 139 Å². The summed E-state index contributed by atoms with van der Waals surface area (Å²) >= 11 is 0. The predicted octanol–water partition coefficient (Wildman–Crippen LogP) is 9.52. The molecule has 1 N–H and O–H groups in total. The summed E-state index contributed by atoms with van der Waals surface area (Å²) in [5, 5.41) is 2.69. The third-order valence-electron chi connectivity index (χ3n) is 9.00. The van der Waals surface area contributed by atoms with Gasteiger partial charge in [-0.2, -0.15) is 0 Å². The first-order chi connectivity index (χ1) is 25.1. The Kier molecular flexibility index (Phi) is 21.6. The van der Waals surface area contributed by atoms with Gasteiger partial charge in [-0.25, -0.2) is 0 Å². The molecule has 1 rings (SSSR count). The lowest BCUT2D eigenvalue weighted by molar-refractivity contribution is -0.150. The summed E-state index contributed by atoms with van der Waals surface area (Å²) in [6.07, 6.45) is 21.2. The summed E-state index contributed by atoms with van der Waals surface area (Å²) in [6, 6.07) is 0. The molecule has 0 spiro atoms. The fraction of sp³-hybridized carbons (Fsp3) is 0.523. The van der Waals surface area contributed by atoms with Gasteiger partial charge in [-0.1, -0.05) is 65.2 Å². The van der Waals surface area contributed by atoms with Gasteiger partial charge in [0.05, 0.1) is 19.8 Å². The van der Waals surface area contributed by atoms with Crippen LogP contribution >= 0.6 is 0 Å². The average Bonchev–Trinajstić information content (AvgIpc) is 3.09. The fourth-order valence-electron chi connectivity index (χ4n) is 5.62. The maximum Gasteiger partial charge on any atom is 0.307 e. The number of nitrogens with one attached hydrogen (secondary N) is 1. The topological polar surface area (TPSA) is 125 Å². The molecule has 1 unspecified atom stereocenters. The van der Waals surface area contributed by atoms with Crippen LogP contribution in [0.2, 0.25) is 0 Å². The van der Waals surface area contributed by atoms with Crippen LogP contribution in [-0.2, 0) is 38.2 Å². The van der Waals surface area contributed by atoms with E-state index in [2.05, 4.69) is 57.3 Å². The Morgan fingerprint density at radius 2 is 1.04 bits per heavy atom. The van der Waals surface area contributed by atoms with Crippen LogP contribution in [0.5, 0.6) is 0 Å². The number of amides is 1. The molecule has 0 aromatic rings. The summed E-state index contributed by atoms with van der Waals surface area (Å²) in [5.41, 5.74) is 6.70. The van der Waals surface area contributed by atoms with Gasteiger partial charge in [0.15, 0.2) is 12.0 Å². The van der Waals surface area contributed by atoms with Crippen molar-refractivity contribution in [3.8, 4) is 0 Å². The number of rotatable bonds is 23.